The van der Waals surface area contributed by atoms with Gasteiger partial charge in [-0.2, -0.15) is 0 Å². The van der Waals surface area contributed by atoms with Crippen LogP contribution in [0.3, 0.4) is 0 Å². The minimum atomic E-state index is -1.00. The fourth-order valence-corrected chi connectivity index (χ4v) is 5.77. The van der Waals surface area contributed by atoms with Crippen LogP contribution in [-0.4, -0.2) is 11.8 Å². The zero-order valence-corrected chi connectivity index (χ0v) is 23.4. The zero-order chi connectivity index (χ0) is 29.7. The molecule has 4 rings (SSSR count). The summed E-state index contributed by atoms with van der Waals surface area (Å²) in [4.78, 5) is 30.4. The maximum atomic E-state index is 13.5. The van der Waals surface area contributed by atoms with Crippen LogP contribution >= 0.6 is 11.3 Å². The van der Waals surface area contributed by atoms with Crippen LogP contribution in [0.4, 0.5) is 13.2 Å². The van der Waals surface area contributed by atoms with Crippen LogP contribution < -0.4 is 16.4 Å². The predicted molar refractivity (Wildman–Crippen MR) is 152 cm³/mol. The molecule has 1 aliphatic rings. The van der Waals surface area contributed by atoms with Gasteiger partial charge >= 0.3 is 0 Å². The van der Waals surface area contributed by atoms with Gasteiger partial charge in [-0.25, -0.2) is 18.0 Å². The van der Waals surface area contributed by atoms with Gasteiger partial charge in [0.25, 0.3) is 5.91 Å². The Morgan fingerprint density at radius 2 is 1.71 bits per heavy atom. The fraction of sp³-hybridized carbons (Fsp3) is 0.258. The van der Waals surface area contributed by atoms with E-state index >= 15 is 0 Å². The van der Waals surface area contributed by atoms with Crippen LogP contribution in [0.25, 0.3) is 4.85 Å². The first kappa shape index (κ1) is 29.6. The normalized spacial score (nSPS) is 15.1. The highest BCUT2D eigenvalue weighted by Gasteiger charge is 2.36. The monoisotopic (exact) mass is 578 g/mol. The lowest BCUT2D eigenvalue weighted by atomic mass is 9.84. The second-order valence-electron chi connectivity index (χ2n) is 10.1. The van der Waals surface area contributed by atoms with Crippen molar-refractivity contribution in [2.24, 2.45) is 11.7 Å². The molecule has 1 aliphatic heterocycles. The molecule has 0 fully saturated rings. The SMILES string of the molecule is [C-]#[N+]C1=C(CCc2ccc(F)cc2)NC(CC(C)C)=C(C(N)=O)C1c1ccc(C(=O)NCc2ccc(F)c(F)c2)s1. The molecule has 1 unspecified atom stereocenters. The van der Waals surface area contributed by atoms with Crippen molar-refractivity contribution in [1.29, 1.82) is 0 Å². The number of nitrogens with one attached hydrogen (secondary N) is 2. The van der Waals surface area contributed by atoms with Crippen LogP contribution in [0.1, 0.15) is 58.3 Å². The van der Waals surface area contributed by atoms with Gasteiger partial charge in [0.15, 0.2) is 17.3 Å². The lowest BCUT2D eigenvalue weighted by molar-refractivity contribution is -0.114. The average molecular weight is 579 g/mol. The van der Waals surface area contributed by atoms with Gasteiger partial charge < -0.3 is 16.4 Å². The lowest BCUT2D eigenvalue weighted by Crippen LogP contribution is -2.32. The first-order valence-corrected chi connectivity index (χ1v) is 13.9. The summed E-state index contributed by atoms with van der Waals surface area (Å²) in [5, 5.41) is 6.00. The van der Waals surface area contributed by atoms with Crippen molar-refractivity contribution in [3.05, 3.63) is 127 Å². The van der Waals surface area contributed by atoms with E-state index in [1.54, 1.807) is 24.3 Å². The third-order valence-corrected chi connectivity index (χ3v) is 7.79. The van der Waals surface area contributed by atoms with E-state index in [-0.39, 0.29) is 23.9 Å². The second-order valence-corrected chi connectivity index (χ2v) is 11.3. The molecule has 1 aromatic heterocycles. The van der Waals surface area contributed by atoms with Crippen molar-refractivity contribution >= 4 is 23.2 Å². The number of carbonyl (C=O) groups excluding carboxylic acids is 2. The van der Waals surface area contributed by atoms with E-state index in [9.17, 15) is 22.8 Å². The molecule has 2 heterocycles. The quantitative estimate of drug-likeness (QED) is 0.246. The summed E-state index contributed by atoms with van der Waals surface area (Å²) < 4.78 is 40.2. The molecule has 0 bridgehead atoms. The Hall–Kier alpha value is -4.36. The van der Waals surface area contributed by atoms with Gasteiger partial charge in [0.05, 0.1) is 17.4 Å². The van der Waals surface area contributed by atoms with E-state index in [4.69, 9.17) is 12.3 Å². The van der Waals surface area contributed by atoms with Crippen LogP contribution in [0.15, 0.2) is 77.3 Å². The number of primary amides is 1. The molecule has 0 radical (unpaired) electrons. The smallest absolute Gasteiger partial charge is 0.261 e. The Labute approximate surface area is 240 Å². The molecule has 0 saturated heterocycles. The van der Waals surface area contributed by atoms with Crippen LogP contribution in [0.5, 0.6) is 0 Å². The number of halogens is 3. The highest BCUT2D eigenvalue weighted by atomic mass is 32.1. The molecule has 3 aromatic rings. The van der Waals surface area contributed by atoms with E-state index in [1.807, 2.05) is 13.8 Å². The number of allylic oxidation sites excluding steroid dienone is 3. The summed E-state index contributed by atoms with van der Waals surface area (Å²) in [5.74, 6) is -3.98. The Balaban J connectivity index is 1.65. The van der Waals surface area contributed by atoms with E-state index in [0.29, 0.717) is 51.7 Å². The Bertz CT molecular complexity index is 1570. The lowest BCUT2D eigenvalue weighted by Gasteiger charge is -2.31. The molecule has 10 heteroatoms. The minimum Gasteiger partial charge on any atom is -0.372 e. The molecule has 6 nitrogen and oxygen atoms in total. The number of nitrogens with zero attached hydrogens (tertiary/aromatic N) is 1. The number of dihydropyridines is 1. The largest absolute Gasteiger partial charge is 0.372 e. The highest BCUT2D eigenvalue weighted by Crippen LogP contribution is 2.43. The third-order valence-electron chi connectivity index (χ3n) is 6.65. The molecule has 2 amide bonds. The Morgan fingerprint density at radius 3 is 2.34 bits per heavy atom. The standard InChI is InChI=1S/C31H29F3N4O2S/c1-17(2)14-24-27(30(35)39)28(29(36-3)23(38-24)11-7-18-4-8-20(32)9-5-18)25-12-13-26(41-25)31(40)37-16-19-6-10-21(33)22(34)15-19/h4-6,8-10,12-13,15,17,28,38H,7,11,14,16H2,1-2H3,(H2,35,39)(H,37,40). The molecular formula is C31H29F3N4O2S. The third kappa shape index (κ3) is 7.05. The van der Waals surface area contributed by atoms with Gasteiger partial charge in [0.1, 0.15) is 5.82 Å². The Kier molecular flexibility index (Phi) is 9.30. The molecule has 41 heavy (non-hydrogen) atoms. The number of hydrogen-bond acceptors (Lipinski definition) is 4. The molecule has 212 valence electrons. The number of thiophene rings is 1. The molecule has 2 aromatic carbocycles. The summed E-state index contributed by atoms with van der Waals surface area (Å²) in [6, 6.07) is 12.9. The van der Waals surface area contributed by atoms with Crippen molar-refractivity contribution in [1.82, 2.24) is 10.6 Å². The van der Waals surface area contributed by atoms with Crippen LogP contribution in [-0.2, 0) is 17.8 Å². The molecule has 4 N–H and O–H groups in total. The Morgan fingerprint density at radius 1 is 1.00 bits per heavy atom. The number of carbonyl (C=O) groups is 2. The summed E-state index contributed by atoms with van der Waals surface area (Å²) in [6.07, 6.45) is 1.50. The summed E-state index contributed by atoms with van der Waals surface area (Å²) in [7, 11) is 0. The second kappa shape index (κ2) is 12.9. The van der Waals surface area contributed by atoms with Crippen LogP contribution in [0.2, 0.25) is 0 Å². The van der Waals surface area contributed by atoms with Crippen molar-refractivity contribution in [2.75, 3.05) is 0 Å². The highest BCUT2D eigenvalue weighted by molar-refractivity contribution is 7.14. The molecule has 1 atom stereocenters. The number of benzene rings is 2. The number of amides is 2. The van der Waals surface area contributed by atoms with Crippen molar-refractivity contribution < 1.29 is 22.8 Å². The predicted octanol–water partition coefficient (Wildman–Crippen LogP) is 6.33. The van der Waals surface area contributed by atoms with Gasteiger partial charge in [-0.1, -0.05) is 32.0 Å². The molecule has 0 aliphatic carbocycles. The molecular weight excluding hydrogens is 549 g/mol. The van der Waals surface area contributed by atoms with Crippen molar-refractivity contribution in [3.63, 3.8) is 0 Å². The van der Waals surface area contributed by atoms with Gasteiger partial charge in [-0.15, -0.1) is 11.3 Å². The van der Waals surface area contributed by atoms with Gasteiger partial charge in [0.2, 0.25) is 5.91 Å². The molecule has 0 spiro atoms. The van der Waals surface area contributed by atoms with E-state index in [1.165, 1.54) is 18.2 Å². The zero-order valence-electron chi connectivity index (χ0n) is 22.6. The van der Waals surface area contributed by atoms with Crippen molar-refractivity contribution in [3.8, 4) is 0 Å². The number of aryl methyl sites for hydroxylation is 1. The van der Waals surface area contributed by atoms with Gasteiger partial charge in [-0.3, -0.25) is 9.59 Å². The summed E-state index contributed by atoms with van der Waals surface area (Å²) in [6.45, 7) is 12.0. The number of nitrogens with two attached hydrogens (primary N) is 1. The van der Waals surface area contributed by atoms with Crippen LogP contribution in [0, 0.1) is 29.9 Å². The van der Waals surface area contributed by atoms with E-state index in [2.05, 4.69) is 15.5 Å². The average Bonchev–Trinajstić information content (AvgIpc) is 3.42. The first-order valence-electron chi connectivity index (χ1n) is 13.0. The summed E-state index contributed by atoms with van der Waals surface area (Å²) >= 11 is 1.13. The summed E-state index contributed by atoms with van der Waals surface area (Å²) in [5.41, 5.74) is 9.04. The topological polar surface area (TPSA) is 88.6 Å². The van der Waals surface area contributed by atoms with Crippen molar-refractivity contribution in [2.45, 2.75) is 45.6 Å². The fourth-order valence-electron chi connectivity index (χ4n) is 4.73. The van der Waals surface area contributed by atoms with E-state index < -0.39 is 29.4 Å². The number of hydrogen-bond donors (Lipinski definition) is 3. The van der Waals surface area contributed by atoms with E-state index in [0.717, 1.165) is 29.0 Å². The number of rotatable bonds is 10. The maximum absolute atomic E-state index is 13.5. The maximum Gasteiger partial charge on any atom is 0.261 e. The minimum absolute atomic E-state index is 0.0116. The first-order chi connectivity index (χ1) is 19.6. The van der Waals surface area contributed by atoms with Gasteiger partial charge in [-0.05, 0) is 72.7 Å². The van der Waals surface area contributed by atoms with Gasteiger partial charge in [0, 0.05) is 28.4 Å². The molecule has 0 saturated carbocycles.